The second-order valence-electron chi connectivity index (χ2n) is 7.96. The number of aryl methyl sites for hydroxylation is 1. The number of likely N-dealkylation sites (tertiary alicyclic amines) is 1. The molecule has 0 aliphatic carbocycles. The summed E-state index contributed by atoms with van der Waals surface area (Å²) in [4.78, 5) is 13.7. The van der Waals surface area contributed by atoms with Gasteiger partial charge in [0.1, 0.15) is 29.6 Å². The van der Waals surface area contributed by atoms with E-state index in [0.717, 1.165) is 30.5 Å². The van der Waals surface area contributed by atoms with Crippen LogP contribution in [0.15, 0.2) is 36.7 Å². The first kappa shape index (κ1) is 18.9. The molecule has 2 fully saturated rings. The molecular weight excluding hydrogens is 388 g/mol. The van der Waals surface area contributed by atoms with Crippen molar-refractivity contribution in [1.82, 2.24) is 24.6 Å². The molecule has 0 bridgehead atoms. The Bertz CT molecular complexity index is 1040. The first-order valence-electron chi connectivity index (χ1n) is 10.2. The summed E-state index contributed by atoms with van der Waals surface area (Å²) in [5, 5.41) is 7.36. The summed E-state index contributed by atoms with van der Waals surface area (Å²) in [6.45, 7) is 6.42. The Morgan fingerprint density at radius 1 is 1.00 bits per heavy atom. The highest BCUT2D eigenvalue weighted by molar-refractivity contribution is 5.56. The number of hydrogen-bond acceptors (Lipinski definition) is 6. The third-order valence-electron chi connectivity index (χ3n) is 5.64. The van der Waals surface area contributed by atoms with E-state index in [2.05, 4.69) is 31.3 Å². The lowest BCUT2D eigenvalue weighted by Gasteiger charge is -2.44. The molecule has 3 aromatic rings. The fourth-order valence-electron chi connectivity index (χ4n) is 4.09. The third-order valence-corrected chi connectivity index (χ3v) is 5.64. The molecule has 0 saturated carbocycles. The molecule has 0 amide bonds. The summed E-state index contributed by atoms with van der Waals surface area (Å²) < 4.78 is 28.2. The number of aromatic nitrogens is 4. The third kappa shape index (κ3) is 3.85. The number of pyridine rings is 1. The van der Waals surface area contributed by atoms with Gasteiger partial charge in [-0.2, -0.15) is 4.98 Å². The van der Waals surface area contributed by atoms with Gasteiger partial charge in [0.15, 0.2) is 0 Å². The molecule has 2 aromatic heterocycles. The van der Waals surface area contributed by atoms with Gasteiger partial charge in [-0.05, 0) is 62.7 Å². The van der Waals surface area contributed by atoms with Crippen molar-refractivity contribution in [2.24, 2.45) is 0 Å². The zero-order valence-electron chi connectivity index (χ0n) is 16.7. The molecule has 0 spiro atoms. The standard InChI is InChI=1S/C21H23F2N7/c1-14-6-19(25-20(7-14)29-11-18(12-29)28-4-2-3-5-28)26-21-24-13-30(27-21)17-9-15(22)8-16(23)10-17/h6-10,13,18H,2-5,11-12H2,1H3,(H,25,26,27). The highest BCUT2D eigenvalue weighted by Gasteiger charge is 2.33. The van der Waals surface area contributed by atoms with Crippen LogP contribution in [0.25, 0.3) is 5.69 Å². The van der Waals surface area contributed by atoms with E-state index in [-0.39, 0.29) is 5.69 Å². The minimum Gasteiger partial charge on any atom is -0.353 e. The smallest absolute Gasteiger partial charge is 0.248 e. The van der Waals surface area contributed by atoms with Crippen LogP contribution < -0.4 is 10.2 Å². The lowest BCUT2D eigenvalue weighted by molar-refractivity contribution is 0.204. The van der Waals surface area contributed by atoms with Gasteiger partial charge in [0.25, 0.3) is 0 Å². The van der Waals surface area contributed by atoms with Crippen LogP contribution in [0, 0.1) is 18.6 Å². The monoisotopic (exact) mass is 411 g/mol. The molecule has 5 rings (SSSR count). The minimum atomic E-state index is -0.665. The Hall–Kier alpha value is -3.07. The van der Waals surface area contributed by atoms with Crippen LogP contribution in [-0.2, 0) is 0 Å². The maximum atomic E-state index is 13.5. The van der Waals surface area contributed by atoms with Gasteiger partial charge < -0.3 is 10.2 Å². The van der Waals surface area contributed by atoms with Gasteiger partial charge in [0.2, 0.25) is 5.95 Å². The zero-order chi connectivity index (χ0) is 20.7. The van der Waals surface area contributed by atoms with Crippen LogP contribution in [0.4, 0.5) is 26.4 Å². The van der Waals surface area contributed by atoms with Crippen LogP contribution in [0.2, 0.25) is 0 Å². The van der Waals surface area contributed by atoms with Gasteiger partial charge in [-0.3, -0.25) is 4.90 Å². The van der Waals surface area contributed by atoms with E-state index < -0.39 is 11.6 Å². The average molecular weight is 411 g/mol. The summed E-state index contributed by atoms with van der Waals surface area (Å²) in [7, 11) is 0. The molecule has 0 unspecified atom stereocenters. The van der Waals surface area contributed by atoms with E-state index in [9.17, 15) is 8.78 Å². The van der Waals surface area contributed by atoms with Crippen LogP contribution in [0.5, 0.6) is 0 Å². The highest BCUT2D eigenvalue weighted by Crippen LogP contribution is 2.27. The molecule has 156 valence electrons. The largest absolute Gasteiger partial charge is 0.353 e. The van der Waals surface area contributed by atoms with E-state index in [4.69, 9.17) is 4.98 Å². The zero-order valence-corrected chi connectivity index (χ0v) is 16.7. The van der Waals surface area contributed by atoms with Crippen molar-refractivity contribution in [2.45, 2.75) is 25.8 Å². The van der Waals surface area contributed by atoms with Gasteiger partial charge >= 0.3 is 0 Å². The molecule has 1 aromatic carbocycles. The fourth-order valence-corrected chi connectivity index (χ4v) is 4.09. The van der Waals surface area contributed by atoms with Gasteiger partial charge in [0, 0.05) is 25.2 Å². The second kappa shape index (κ2) is 7.64. The molecule has 7 nitrogen and oxygen atoms in total. The molecule has 9 heteroatoms. The lowest BCUT2D eigenvalue weighted by atomic mass is 10.1. The van der Waals surface area contributed by atoms with Gasteiger partial charge in [0.05, 0.1) is 5.69 Å². The molecule has 0 atom stereocenters. The van der Waals surface area contributed by atoms with Crippen molar-refractivity contribution in [1.29, 1.82) is 0 Å². The van der Waals surface area contributed by atoms with Crippen molar-refractivity contribution in [3.63, 3.8) is 0 Å². The first-order chi connectivity index (χ1) is 14.5. The first-order valence-corrected chi connectivity index (χ1v) is 10.2. The van der Waals surface area contributed by atoms with Gasteiger partial charge in [-0.1, -0.05) is 0 Å². The van der Waals surface area contributed by atoms with Gasteiger partial charge in [-0.25, -0.2) is 18.4 Å². The summed E-state index contributed by atoms with van der Waals surface area (Å²) in [6, 6.07) is 7.84. The number of halogens is 2. The molecule has 0 radical (unpaired) electrons. The van der Waals surface area contributed by atoms with Crippen LogP contribution >= 0.6 is 0 Å². The number of benzene rings is 1. The Morgan fingerprint density at radius 3 is 2.47 bits per heavy atom. The number of anilines is 3. The predicted octanol–water partition coefficient (Wildman–Crippen LogP) is 3.28. The summed E-state index contributed by atoms with van der Waals surface area (Å²) >= 11 is 0. The molecule has 2 saturated heterocycles. The van der Waals surface area contributed by atoms with Crippen LogP contribution in [-0.4, -0.2) is 56.9 Å². The Morgan fingerprint density at radius 2 is 1.73 bits per heavy atom. The maximum Gasteiger partial charge on any atom is 0.248 e. The number of rotatable bonds is 5. The molecule has 2 aliphatic rings. The fraction of sp³-hybridized carbons (Fsp3) is 0.381. The number of hydrogen-bond donors (Lipinski definition) is 1. The Labute approximate surface area is 173 Å². The molecule has 4 heterocycles. The minimum absolute atomic E-state index is 0.263. The molecule has 2 aliphatic heterocycles. The van der Waals surface area contributed by atoms with Crippen LogP contribution in [0.3, 0.4) is 0 Å². The Kier molecular flexibility index (Phi) is 4.82. The quantitative estimate of drug-likeness (QED) is 0.695. The molecule has 1 N–H and O–H groups in total. The number of nitrogens with zero attached hydrogens (tertiary/aromatic N) is 6. The topological polar surface area (TPSA) is 62.1 Å². The van der Waals surface area contributed by atoms with Crippen molar-refractivity contribution in [2.75, 3.05) is 36.4 Å². The molecular formula is C21H23F2N7. The van der Waals surface area contributed by atoms with Crippen molar-refractivity contribution in [3.8, 4) is 5.69 Å². The van der Waals surface area contributed by atoms with Crippen molar-refractivity contribution < 1.29 is 8.78 Å². The Balaban J connectivity index is 1.29. The van der Waals surface area contributed by atoms with Crippen LogP contribution in [0.1, 0.15) is 18.4 Å². The number of nitrogens with one attached hydrogen (secondary N) is 1. The molecule has 30 heavy (non-hydrogen) atoms. The summed E-state index contributed by atoms with van der Waals surface area (Å²) in [6.07, 6.45) is 4.01. The van der Waals surface area contributed by atoms with E-state index in [0.29, 0.717) is 17.8 Å². The van der Waals surface area contributed by atoms with Crippen molar-refractivity contribution >= 4 is 17.6 Å². The van der Waals surface area contributed by atoms with Crippen molar-refractivity contribution in [3.05, 3.63) is 53.9 Å². The lowest BCUT2D eigenvalue weighted by Crippen LogP contribution is -2.59. The van der Waals surface area contributed by atoms with E-state index >= 15 is 0 Å². The summed E-state index contributed by atoms with van der Waals surface area (Å²) in [5.41, 5.74) is 1.35. The average Bonchev–Trinajstić information content (AvgIpc) is 3.31. The second-order valence-corrected chi connectivity index (χ2v) is 7.96. The summed E-state index contributed by atoms with van der Waals surface area (Å²) in [5.74, 6) is 0.545. The van der Waals surface area contributed by atoms with Gasteiger partial charge in [-0.15, -0.1) is 5.10 Å². The van der Waals surface area contributed by atoms with E-state index in [1.54, 1.807) is 0 Å². The maximum absolute atomic E-state index is 13.5. The SMILES string of the molecule is Cc1cc(Nc2ncn(-c3cc(F)cc(F)c3)n2)nc(N2CC(N3CCCC3)C2)c1. The normalized spacial score (nSPS) is 17.4. The van der Waals surface area contributed by atoms with E-state index in [1.165, 1.54) is 49.1 Å². The van der Waals surface area contributed by atoms with E-state index in [1.807, 2.05) is 13.0 Å². The predicted molar refractivity (Wildman–Crippen MR) is 110 cm³/mol. The highest BCUT2D eigenvalue weighted by atomic mass is 19.1.